The van der Waals surface area contributed by atoms with Gasteiger partial charge in [0, 0.05) is 38.9 Å². The molecule has 3 heterocycles. The first-order valence-corrected chi connectivity index (χ1v) is 12.5. The molecule has 178 valence electrons. The second kappa shape index (κ2) is 8.11. The van der Waals surface area contributed by atoms with Gasteiger partial charge in [-0.25, -0.2) is 4.98 Å². The third-order valence-electron chi connectivity index (χ3n) is 7.08. The summed E-state index contributed by atoms with van der Waals surface area (Å²) < 4.78 is 6.36. The molecule has 1 aliphatic rings. The average Bonchev–Trinajstić information content (AvgIpc) is 3.37. The Labute approximate surface area is 218 Å². The van der Waals surface area contributed by atoms with Gasteiger partial charge in [-0.15, -0.1) is 0 Å². The van der Waals surface area contributed by atoms with Gasteiger partial charge in [-0.3, -0.25) is 4.90 Å². The summed E-state index contributed by atoms with van der Waals surface area (Å²) in [6.45, 7) is 0. The first-order valence-electron chi connectivity index (χ1n) is 12.5. The number of fused-ring (bicyclic) bond motifs is 4. The number of hydrogen-bond acceptors (Lipinski definition) is 5. The molecule has 5 aromatic carbocycles. The highest BCUT2D eigenvalue weighted by Crippen LogP contribution is 2.43. The Morgan fingerprint density at radius 1 is 0.579 bits per heavy atom. The largest absolute Gasteiger partial charge is 0.455 e. The molecule has 5 nitrogen and oxygen atoms in total. The normalized spacial score (nSPS) is 12.6. The summed E-state index contributed by atoms with van der Waals surface area (Å²) in [5.74, 6) is 1.83. The van der Waals surface area contributed by atoms with Crippen molar-refractivity contribution in [2.75, 3.05) is 4.90 Å². The third-order valence-corrected chi connectivity index (χ3v) is 7.08. The molecule has 0 saturated heterocycles. The Bertz CT molecular complexity index is 1970. The van der Waals surface area contributed by atoms with E-state index in [0.717, 1.165) is 55.1 Å². The number of para-hydroxylation sites is 1. The zero-order valence-electron chi connectivity index (χ0n) is 20.2. The third kappa shape index (κ3) is 3.15. The van der Waals surface area contributed by atoms with Crippen LogP contribution in [-0.2, 0) is 0 Å². The summed E-state index contributed by atoms with van der Waals surface area (Å²) in [5, 5.41) is 4.43. The summed E-state index contributed by atoms with van der Waals surface area (Å²) in [4.78, 5) is 16.8. The van der Waals surface area contributed by atoms with E-state index in [1.54, 1.807) is 0 Å². The van der Waals surface area contributed by atoms with E-state index in [0.29, 0.717) is 17.6 Å². The number of hydrogen-bond donors (Lipinski definition) is 0. The molecule has 0 unspecified atom stereocenters. The van der Waals surface area contributed by atoms with Crippen LogP contribution in [0, 0.1) is 0 Å². The quantitative estimate of drug-likeness (QED) is 0.250. The molecule has 0 aliphatic carbocycles. The van der Waals surface area contributed by atoms with Crippen molar-refractivity contribution in [3.05, 3.63) is 121 Å². The van der Waals surface area contributed by atoms with Gasteiger partial charge in [0.25, 0.3) is 0 Å². The molecular formula is C33H20N4O. The zero-order valence-corrected chi connectivity index (χ0v) is 20.2. The minimum Gasteiger partial charge on any atom is -0.455 e. The lowest BCUT2D eigenvalue weighted by Crippen LogP contribution is -2.16. The van der Waals surface area contributed by atoms with Gasteiger partial charge >= 0.3 is 0 Å². The highest BCUT2D eigenvalue weighted by molar-refractivity contribution is 6.20. The Morgan fingerprint density at radius 3 is 1.97 bits per heavy atom. The number of anilines is 2. The van der Waals surface area contributed by atoms with E-state index in [1.807, 2.05) is 83.9 Å². The molecule has 0 atom stereocenters. The molecule has 0 N–H and O–H groups in total. The summed E-state index contributed by atoms with van der Waals surface area (Å²) in [6, 6.07) is 36.8. The minimum absolute atomic E-state index is 0.566. The van der Waals surface area contributed by atoms with Crippen molar-refractivity contribution in [2.45, 2.75) is 0 Å². The molecule has 1 aliphatic heterocycles. The zero-order chi connectivity index (χ0) is 25.1. The Kier molecular flexibility index (Phi) is 4.45. The van der Waals surface area contributed by atoms with Crippen molar-refractivity contribution in [3.8, 4) is 22.8 Å². The van der Waals surface area contributed by atoms with E-state index in [9.17, 15) is 0 Å². The van der Waals surface area contributed by atoms with Crippen LogP contribution in [0.2, 0.25) is 0 Å². The van der Waals surface area contributed by atoms with Gasteiger partial charge in [-0.2, -0.15) is 9.97 Å². The Balaban J connectivity index is 1.37. The smallest absolute Gasteiger partial charge is 0.238 e. The van der Waals surface area contributed by atoms with Crippen LogP contribution in [0.1, 0.15) is 5.56 Å². The van der Waals surface area contributed by atoms with E-state index in [-0.39, 0.29) is 0 Å². The molecule has 38 heavy (non-hydrogen) atoms. The van der Waals surface area contributed by atoms with Gasteiger partial charge in [-0.05, 0) is 29.8 Å². The average molecular weight is 489 g/mol. The van der Waals surface area contributed by atoms with Gasteiger partial charge < -0.3 is 4.42 Å². The van der Waals surface area contributed by atoms with Gasteiger partial charge in [0.15, 0.2) is 11.6 Å². The number of rotatable bonds is 3. The van der Waals surface area contributed by atoms with Crippen LogP contribution in [-0.4, -0.2) is 15.0 Å². The topological polar surface area (TPSA) is 55.1 Å². The predicted molar refractivity (Wildman–Crippen MR) is 153 cm³/mol. The van der Waals surface area contributed by atoms with Crippen molar-refractivity contribution in [1.29, 1.82) is 0 Å². The van der Waals surface area contributed by atoms with Crippen molar-refractivity contribution in [1.82, 2.24) is 15.0 Å². The lowest BCUT2D eigenvalue weighted by Gasteiger charge is -2.25. The molecule has 0 spiro atoms. The van der Waals surface area contributed by atoms with Crippen LogP contribution >= 0.6 is 0 Å². The molecule has 0 saturated carbocycles. The molecule has 7 aromatic rings. The molecule has 0 bridgehead atoms. The molecular weight excluding hydrogens is 468 g/mol. The summed E-state index contributed by atoms with van der Waals surface area (Å²) in [7, 11) is 0. The predicted octanol–water partition coefficient (Wildman–Crippen LogP) is 8.38. The van der Waals surface area contributed by atoms with Gasteiger partial charge in [0.05, 0.1) is 5.69 Å². The van der Waals surface area contributed by atoms with E-state index < -0.39 is 0 Å². The number of nitrogens with zero attached hydrogens (tertiary/aromatic N) is 4. The van der Waals surface area contributed by atoms with E-state index >= 15 is 0 Å². The monoisotopic (exact) mass is 488 g/mol. The van der Waals surface area contributed by atoms with Gasteiger partial charge in [0.2, 0.25) is 5.95 Å². The Hall–Kier alpha value is -5.29. The van der Waals surface area contributed by atoms with Crippen LogP contribution in [0.15, 0.2) is 120 Å². The van der Waals surface area contributed by atoms with E-state index in [2.05, 4.69) is 42.5 Å². The standard InChI is InChI=1S/C33H20N4O/c1-3-10-21(11-4-1)31-34-32(22-12-5-2-6-13-22)36-33(35-31)37-19-18-23-20-26-24-14-7-8-17-28(24)38-30(26)25-15-9-16-27(37)29(23)25/h1-20H. The van der Waals surface area contributed by atoms with Crippen LogP contribution < -0.4 is 4.90 Å². The van der Waals surface area contributed by atoms with Gasteiger partial charge in [0.1, 0.15) is 11.2 Å². The van der Waals surface area contributed by atoms with E-state index in [4.69, 9.17) is 19.4 Å². The Morgan fingerprint density at radius 2 is 1.24 bits per heavy atom. The van der Waals surface area contributed by atoms with Crippen LogP contribution in [0.5, 0.6) is 0 Å². The highest BCUT2D eigenvalue weighted by Gasteiger charge is 2.23. The van der Waals surface area contributed by atoms with Crippen LogP contribution in [0.3, 0.4) is 0 Å². The minimum atomic E-state index is 0.566. The van der Waals surface area contributed by atoms with Crippen LogP contribution in [0.25, 0.3) is 61.6 Å². The SMILES string of the molecule is C1=CN(c2nc(-c3ccccc3)nc(-c3ccccc3)n2)c2cccc3c2c1cc1c2ccccc2oc31. The second-order valence-electron chi connectivity index (χ2n) is 9.34. The molecule has 0 radical (unpaired) electrons. The van der Waals surface area contributed by atoms with Gasteiger partial charge in [-0.1, -0.05) is 91.0 Å². The summed E-state index contributed by atoms with van der Waals surface area (Å²) >= 11 is 0. The first-order chi connectivity index (χ1) is 18.8. The lowest BCUT2D eigenvalue weighted by atomic mass is 9.96. The molecule has 0 amide bonds. The maximum atomic E-state index is 6.36. The molecule has 0 fully saturated rings. The van der Waals surface area contributed by atoms with Crippen molar-refractivity contribution in [2.24, 2.45) is 0 Å². The first kappa shape index (κ1) is 20.9. The molecule has 5 heteroatoms. The van der Waals surface area contributed by atoms with Crippen molar-refractivity contribution >= 4 is 50.4 Å². The fourth-order valence-electron chi connectivity index (χ4n) is 5.32. The highest BCUT2D eigenvalue weighted by atomic mass is 16.3. The van der Waals surface area contributed by atoms with Crippen molar-refractivity contribution < 1.29 is 4.42 Å². The maximum Gasteiger partial charge on any atom is 0.238 e. The maximum absolute atomic E-state index is 6.36. The summed E-state index contributed by atoms with van der Waals surface area (Å²) in [6.07, 6.45) is 4.18. The second-order valence-corrected chi connectivity index (χ2v) is 9.34. The number of benzene rings is 5. The van der Waals surface area contributed by atoms with E-state index in [1.165, 1.54) is 0 Å². The molecule has 2 aromatic heterocycles. The van der Waals surface area contributed by atoms with Crippen molar-refractivity contribution in [3.63, 3.8) is 0 Å². The fourth-order valence-corrected chi connectivity index (χ4v) is 5.32. The molecule has 8 rings (SSSR count). The fraction of sp³-hybridized carbons (Fsp3) is 0. The summed E-state index contributed by atoms with van der Waals surface area (Å²) in [5.41, 5.74) is 5.82. The number of aromatic nitrogens is 3. The lowest BCUT2D eigenvalue weighted by molar-refractivity contribution is 0.672. The van der Waals surface area contributed by atoms with Crippen LogP contribution in [0.4, 0.5) is 11.6 Å². The number of furan rings is 1.